The number of pyridine rings is 1. The maximum Gasteiger partial charge on any atom is 0.137 e. The zero-order valence-electron chi connectivity index (χ0n) is 12.5. The number of halogens is 1. The summed E-state index contributed by atoms with van der Waals surface area (Å²) < 4.78 is 18.5. The van der Waals surface area contributed by atoms with E-state index in [-0.39, 0.29) is 11.9 Å². The molecule has 1 unspecified atom stereocenters. The summed E-state index contributed by atoms with van der Waals surface area (Å²) in [6.07, 6.45) is 4.35. The molecular weight excluding hydrogens is 267 g/mol. The SMILES string of the molecule is CCNC(Cc1ccc(F)cc1)c1cncc(OCC)c1. The summed E-state index contributed by atoms with van der Waals surface area (Å²) in [7, 11) is 0. The van der Waals surface area contributed by atoms with Crippen LogP contribution in [0.15, 0.2) is 42.7 Å². The van der Waals surface area contributed by atoms with Gasteiger partial charge in [-0.1, -0.05) is 19.1 Å². The summed E-state index contributed by atoms with van der Waals surface area (Å²) in [5, 5.41) is 3.44. The van der Waals surface area contributed by atoms with Crippen molar-refractivity contribution in [2.75, 3.05) is 13.2 Å². The molecule has 1 aromatic carbocycles. The van der Waals surface area contributed by atoms with E-state index in [1.165, 1.54) is 12.1 Å². The van der Waals surface area contributed by atoms with Crippen LogP contribution in [0.25, 0.3) is 0 Å². The Morgan fingerprint density at radius 1 is 1.19 bits per heavy atom. The minimum absolute atomic E-state index is 0.133. The zero-order chi connectivity index (χ0) is 15.1. The third-order valence-corrected chi connectivity index (χ3v) is 3.25. The lowest BCUT2D eigenvalue weighted by Crippen LogP contribution is -2.23. The van der Waals surface area contributed by atoms with Crippen molar-refractivity contribution in [2.24, 2.45) is 0 Å². The lowest BCUT2D eigenvalue weighted by Gasteiger charge is -2.19. The number of aromatic nitrogens is 1. The predicted octanol–water partition coefficient (Wildman–Crippen LogP) is 3.51. The summed E-state index contributed by atoms with van der Waals surface area (Å²) in [6, 6.07) is 8.76. The average molecular weight is 288 g/mol. The summed E-state index contributed by atoms with van der Waals surface area (Å²) in [4.78, 5) is 4.24. The van der Waals surface area contributed by atoms with Gasteiger partial charge in [-0.15, -0.1) is 0 Å². The molecule has 1 heterocycles. The van der Waals surface area contributed by atoms with Gasteiger partial charge in [0.1, 0.15) is 11.6 Å². The van der Waals surface area contributed by atoms with Crippen LogP contribution in [-0.2, 0) is 6.42 Å². The normalized spacial score (nSPS) is 12.1. The van der Waals surface area contributed by atoms with Crippen LogP contribution in [0.2, 0.25) is 0 Å². The van der Waals surface area contributed by atoms with Crippen LogP contribution in [0, 0.1) is 5.82 Å². The molecule has 0 amide bonds. The number of benzene rings is 1. The first-order valence-corrected chi connectivity index (χ1v) is 7.28. The van der Waals surface area contributed by atoms with Gasteiger partial charge < -0.3 is 10.1 Å². The van der Waals surface area contributed by atoms with Crippen molar-refractivity contribution >= 4 is 0 Å². The Kier molecular flexibility index (Phi) is 5.69. The average Bonchev–Trinajstić information content (AvgIpc) is 2.50. The highest BCUT2D eigenvalue weighted by atomic mass is 19.1. The van der Waals surface area contributed by atoms with Gasteiger partial charge in [0.25, 0.3) is 0 Å². The van der Waals surface area contributed by atoms with Crippen LogP contribution in [0.3, 0.4) is 0 Å². The molecule has 112 valence electrons. The van der Waals surface area contributed by atoms with Crippen molar-refractivity contribution in [1.82, 2.24) is 10.3 Å². The molecule has 0 aliphatic rings. The monoisotopic (exact) mass is 288 g/mol. The molecule has 0 radical (unpaired) electrons. The topological polar surface area (TPSA) is 34.2 Å². The second-order valence-corrected chi connectivity index (χ2v) is 4.83. The number of ether oxygens (including phenoxy) is 1. The summed E-state index contributed by atoms with van der Waals surface area (Å²) in [5.74, 6) is 0.566. The van der Waals surface area contributed by atoms with Gasteiger partial charge in [-0.3, -0.25) is 4.98 Å². The van der Waals surface area contributed by atoms with E-state index in [2.05, 4.69) is 17.2 Å². The van der Waals surface area contributed by atoms with E-state index < -0.39 is 0 Å². The van der Waals surface area contributed by atoms with Crippen molar-refractivity contribution in [3.8, 4) is 5.75 Å². The van der Waals surface area contributed by atoms with Crippen molar-refractivity contribution in [3.05, 3.63) is 59.7 Å². The quantitative estimate of drug-likeness (QED) is 0.846. The molecule has 1 N–H and O–H groups in total. The highest BCUT2D eigenvalue weighted by Crippen LogP contribution is 2.21. The molecule has 2 aromatic rings. The minimum atomic E-state index is -0.209. The van der Waals surface area contributed by atoms with Gasteiger partial charge in [0.15, 0.2) is 0 Å². The molecule has 1 atom stereocenters. The predicted molar refractivity (Wildman–Crippen MR) is 81.9 cm³/mol. The van der Waals surface area contributed by atoms with Crippen LogP contribution in [0.1, 0.15) is 31.0 Å². The number of rotatable bonds is 7. The van der Waals surface area contributed by atoms with Gasteiger partial charge in [-0.2, -0.15) is 0 Å². The number of hydrogen-bond donors (Lipinski definition) is 1. The number of likely N-dealkylation sites (N-methyl/N-ethyl adjacent to an activating group) is 1. The van der Waals surface area contributed by atoms with Gasteiger partial charge in [0.05, 0.1) is 12.8 Å². The lowest BCUT2D eigenvalue weighted by molar-refractivity contribution is 0.338. The molecule has 0 aliphatic carbocycles. The third kappa shape index (κ3) is 4.53. The van der Waals surface area contributed by atoms with E-state index in [0.717, 1.165) is 29.8 Å². The Balaban J connectivity index is 2.17. The maximum absolute atomic E-state index is 13.0. The fraction of sp³-hybridized carbons (Fsp3) is 0.353. The molecule has 2 rings (SSSR count). The van der Waals surface area contributed by atoms with E-state index in [1.54, 1.807) is 6.20 Å². The van der Waals surface area contributed by atoms with Crippen molar-refractivity contribution in [1.29, 1.82) is 0 Å². The smallest absolute Gasteiger partial charge is 0.137 e. The Morgan fingerprint density at radius 2 is 1.95 bits per heavy atom. The lowest BCUT2D eigenvalue weighted by atomic mass is 10.00. The van der Waals surface area contributed by atoms with Gasteiger partial charge in [-0.05, 0) is 49.2 Å². The van der Waals surface area contributed by atoms with Crippen molar-refractivity contribution < 1.29 is 9.13 Å². The number of nitrogens with one attached hydrogen (secondary N) is 1. The highest BCUT2D eigenvalue weighted by molar-refractivity contribution is 5.28. The molecule has 0 saturated carbocycles. The fourth-order valence-electron chi connectivity index (χ4n) is 2.28. The Bertz CT molecular complexity index is 557. The van der Waals surface area contributed by atoms with Crippen LogP contribution < -0.4 is 10.1 Å². The van der Waals surface area contributed by atoms with E-state index >= 15 is 0 Å². The van der Waals surface area contributed by atoms with Crippen molar-refractivity contribution in [2.45, 2.75) is 26.3 Å². The first kappa shape index (κ1) is 15.4. The first-order chi connectivity index (χ1) is 10.2. The van der Waals surface area contributed by atoms with E-state index in [4.69, 9.17) is 4.74 Å². The van der Waals surface area contributed by atoms with Crippen LogP contribution >= 0.6 is 0 Å². The van der Waals surface area contributed by atoms with Crippen molar-refractivity contribution in [3.63, 3.8) is 0 Å². The largest absolute Gasteiger partial charge is 0.492 e. The zero-order valence-corrected chi connectivity index (χ0v) is 12.5. The maximum atomic E-state index is 13.0. The standard InChI is InChI=1S/C17H21FN2O/c1-3-20-17(9-13-5-7-15(18)8-6-13)14-10-16(21-4-2)12-19-11-14/h5-8,10-12,17,20H,3-4,9H2,1-2H3. The molecule has 21 heavy (non-hydrogen) atoms. The molecular formula is C17H21FN2O. The summed E-state index contributed by atoms with van der Waals surface area (Å²) >= 11 is 0. The third-order valence-electron chi connectivity index (χ3n) is 3.25. The van der Waals surface area contributed by atoms with Crippen LogP contribution in [-0.4, -0.2) is 18.1 Å². The molecule has 4 heteroatoms. The minimum Gasteiger partial charge on any atom is -0.492 e. The molecule has 0 saturated heterocycles. The van der Waals surface area contributed by atoms with Crippen LogP contribution in [0.5, 0.6) is 5.75 Å². The highest BCUT2D eigenvalue weighted by Gasteiger charge is 2.12. The second kappa shape index (κ2) is 7.74. The van der Waals surface area contributed by atoms with Gasteiger partial charge in [0, 0.05) is 12.2 Å². The number of nitrogens with zero attached hydrogens (tertiary/aromatic N) is 1. The second-order valence-electron chi connectivity index (χ2n) is 4.83. The molecule has 0 fully saturated rings. The molecule has 0 spiro atoms. The van der Waals surface area contributed by atoms with Crippen LogP contribution in [0.4, 0.5) is 4.39 Å². The van der Waals surface area contributed by atoms with Gasteiger partial charge in [0.2, 0.25) is 0 Å². The molecule has 1 aromatic heterocycles. The van der Waals surface area contributed by atoms with E-state index in [9.17, 15) is 4.39 Å². The number of hydrogen-bond acceptors (Lipinski definition) is 3. The Labute approximate surface area is 125 Å². The summed E-state index contributed by atoms with van der Waals surface area (Å²) in [5.41, 5.74) is 2.16. The molecule has 0 aliphatic heterocycles. The van der Waals surface area contributed by atoms with Gasteiger partial charge >= 0.3 is 0 Å². The Hall–Kier alpha value is -1.94. The Morgan fingerprint density at radius 3 is 2.62 bits per heavy atom. The summed E-state index contributed by atoms with van der Waals surface area (Å²) in [6.45, 7) is 5.49. The molecule has 0 bridgehead atoms. The molecule has 3 nitrogen and oxygen atoms in total. The van der Waals surface area contributed by atoms with Gasteiger partial charge in [-0.25, -0.2) is 4.39 Å². The van der Waals surface area contributed by atoms with E-state index in [0.29, 0.717) is 6.61 Å². The van der Waals surface area contributed by atoms with E-state index in [1.807, 2.05) is 31.3 Å². The fourth-order valence-corrected chi connectivity index (χ4v) is 2.28. The first-order valence-electron chi connectivity index (χ1n) is 7.28.